The maximum absolute atomic E-state index is 12.2. The Morgan fingerprint density at radius 1 is 1.14 bits per heavy atom. The van der Waals surface area contributed by atoms with Gasteiger partial charge in [0.1, 0.15) is 0 Å². The first-order chi connectivity index (χ1) is 10.8. The zero-order valence-corrected chi connectivity index (χ0v) is 13.5. The predicted octanol–water partition coefficient (Wildman–Crippen LogP) is 2.07. The Morgan fingerprint density at radius 3 is 2.59 bits per heavy atom. The van der Waals surface area contributed by atoms with Crippen molar-refractivity contribution in [2.45, 2.75) is 12.8 Å². The Kier molecular flexibility index (Phi) is 5.19. The third kappa shape index (κ3) is 4.15. The summed E-state index contributed by atoms with van der Waals surface area (Å²) in [6.45, 7) is 4.67. The molecule has 0 N–H and O–H groups in total. The van der Waals surface area contributed by atoms with Gasteiger partial charge in [0, 0.05) is 38.1 Å². The van der Waals surface area contributed by atoms with Crippen molar-refractivity contribution >= 4 is 17.2 Å². The van der Waals surface area contributed by atoms with Crippen molar-refractivity contribution < 1.29 is 4.79 Å². The second kappa shape index (κ2) is 7.51. The van der Waals surface area contributed by atoms with Crippen LogP contribution in [0.5, 0.6) is 0 Å². The number of benzene rings is 1. The summed E-state index contributed by atoms with van der Waals surface area (Å²) in [5.41, 5.74) is 4.05. The van der Waals surface area contributed by atoms with E-state index in [1.165, 1.54) is 5.56 Å². The van der Waals surface area contributed by atoms with Crippen LogP contribution in [0.1, 0.15) is 11.3 Å². The minimum absolute atomic E-state index is 0.202. The topological polar surface area (TPSA) is 36.4 Å². The van der Waals surface area contributed by atoms with Gasteiger partial charge in [-0.1, -0.05) is 30.3 Å². The molecule has 22 heavy (non-hydrogen) atoms. The molecule has 0 spiro atoms. The molecule has 2 heterocycles. The van der Waals surface area contributed by atoms with Gasteiger partial charge in [-0.25, -0.2) is 4.98 Å². The molecule has 1 amide bonds. The Morgan fingerprint density at radius 2 is 1.91 bits per heavy atom. The third-order valence-corrected chi connectivity index (χ3v) is 4.74. The van der Waals surface area contributed by atoms with E-state index in [4.69, 9.17) is 0 Å². The number of rotatable bonds is 5. The average molecular weight is 315 g/mol. The summed E-state index contributed by atoms with van der Waals surface area (Å²) in [6.07, 6.45) is 1.52. The molecule has 5 heteroatoms. The maximum Gasteiger partial charge on any atom is 0.228 e. The average Bonchev–Trinajstić information content (AvgIpc) is 3.07. The molecule has 2 aromatic rings. The predicted molar refractivity (Wildman–Crippen MR) is 89.0 cm³/mol. The van der Waals surface area contributed by atoms with Crippen LogP contribution in [0.3, 0.4) is 0 Å². The summed E-state index contributed by atoms with van der Waals surface area (Å²) < 4.78 is 0. The highest BCUT2D eigenvalue weighted by Crippen LogP contribution is 2.08. The molecule has 3 rings (SSSR count). The monoisotopic (exact) mass is 315 g/mol. The van der Waals surface area contributed by atoms with E-state index in [0.717, 1.165) is 44.8 Å². The van der Waals surface area contributed by atoms with Crippen molar-refractivity contribution in [1.82, 2.24) is 14.8 Å². The van der Waals surface area contributed by atoms with Crippen LogP contribution in [-0.2, 0) is 17.6 Å². The minimum Gasteiger partial charge on any atom is -0.340 e. The number of nitrogens with zero attached hydrogens (tertiary/aromatic N) is 3. The van der Waals surface area contributed by atoms with Crippen molar-refractivity contribution in [2.75, 3.05) is 32.7 Å². The van der Waals surface area contributed by atoms with Crippen molar-refractivity contribution in [2.24, 2.45) is 0 Å². The van der Waals surface area contributed by atoms with Gasteiger partial charge < -0.3 is 4.90 Å². The normalized spacial score (nSPS) is 15.9. The quantitative estimate of drug-likeness (QED) is 0.847. The zero-order chi connectivity index (χ0) is 15.2. The van der Waals surface area contributed by atoms with Crippen molar-refractivity contribution in [3.63, 3.8) is 0 Å². The molecule has 1 saturated heterocycles. The Labute approximate surface area is 135 Å². The first kappa shape index (κ1) is 15.2. The van der Waals surface area contributed by atoms with Crippen LogP contribution >= 0.6 is 11.3 Å². The molecule has 0 saturated carbocycles. The fourth-order valence-corrected chi connectivity index (χ4v) is 3.30. The zero-order valence-electron chi connectivity index (χ0n) is 12.6. The van der Waals surface area contributed by atoms with Crippen LogP contribution < -0.4 is 0 Å². The molecule has 0 atom stereocenters. The number of amides is 1. The van der Waals surface area contributed by atoms with E-state index in [1.807, 2.05) is 10.3 Å². The van der Waals surface area contributed by atoms with E-state index in [1.54, 1.807) is 16.8 Å². The second-order valence-electron chi connectivity index (χ2n) is 5.61. The summed E-state index contributed by atoms with van der Waals surface area (Å²) in [7, 11) is 0. The van der Waals surface area contributed by atoms with Crippen LogP contribution in [0.2, 0.25) is 0 Å². The largest absolute Gasteiger partial charge is 0.340 e. The lowest BCUT2D eigenvalue weighted by molar-refractivity contribution is -0.132. The molecule has 0 bridgehead atoms. The molecular weight excluding hydrogens is 294 g/mol. The van der Waals surface area contributed by atoms with Crippen LogP contribution in [0.25, 0.3) is 0 Å². The molecule has 1 aromatic heterocycles. The van der Waals surface area contributed by atoms with E-state index in [0.29, 0.717) is 6.42 Å². The number of aromatic nitrogens is 1. The smallest absolute Gasteiger partial charge is 0.228 e. The highest BCUT2D eigenvalue weighted by atomic mass is 32.1. The molecule has 1 aliphatic heterocycles. The Bertz CT molecular complexity index is 577. The fourth-order valence-electron chi connectivity index (χ4n) is 2.74. The molecule has 4 nitrogen and oxygen atoms in total. The number of hydrogen-bond acceptors (Lipinski definition) is 4. The number of carbonyl (C=O) groups is 1. The molecule has 1 fully saturated rings. The Balaban J connectivity index is 1.41. The first-order valence-corrected chi connectivity index (χ1v) is 8.66. The van der Waals surface area contributed by atoms with Gasteiger partial charge in [-0.05, 0) is 12.0 Å². The SMILES string of the molecule is O=C(Cc1cscn1)N1CCN(CCc2ccccc2)CC1. The summed E-state index contributed by atoms with van der Waals surface area (Å²) in [5, 5.41) is 1.95. The summed E-state index contributed by atoms with van der Waals surface area (Å²) in [5.74, 6) is 0.202. The van der Waals surface area contributed by atoms with Gasteiger partial charge in [-0.2, -0.15) is 0 Å². The van der Waals surface area contributed by atoms with Crippen LogP contribution in [0.15, 0.2) is 41.2 Å². The van der Waals surface area contributed by atoms with Crippen molar-refractivity contribution in [3.05, 3.63) is 52.5 Å². The number of hydrogen-bond donors (Lipinski definition) is 0. The molecule has 0 unspecified atom stereocenters. The lowest BCUT2D eigenvalue weighted by Crippen LogP contribution is -2.49. The minimum atomic E-state index is 0.202. The molecule has 1 aromatic carbocycles. The van der Waals surface area contributed by atoms with E-state index >= 15 is 0 Å². The summed E-state index contributed by atoms with van der Waals surface area (Å²) in [6, 6.07) is 10.6. The van der Waals surface area contributed by atoms with E-state index < -0.39 is 0 Å². The van der Waals surface area contributed by atoms with Gasteiger partial charge >= 0.3 is 0 Å². The molecular formula is C17H21N3OS. The van der Waals surface area contributed by atoms with Gasteiger partial charge in [0.05, 0.1) is 17.6 Å². The summed E-state index contributed by atoms with van der Waals surface area (Å²) in [4.78, 5) is 20.8. The van der Waals surface area contributed by atoms with Gasteiger partial charge in [-0.3, -0.25) is 9.69 Å². The first-order valence-electron chi connectivity index (χ1n) is 7.72. The summed E-state index contributed by atoms with van der Waals surface area (Å²) >= 11 is 1.54. The highest BCUT2D eigenvalue weighted by molar-refractivity contribution is 7.07. The highest BCUT2D eigenvalue weighted by Gasteiger charge is 2.21. The van der Waals surface area contributed by atoms with E-state index in [2.05, 4.69) is 40.2 Å². The number of thiazole rings is 1. The van der Waals surface area contributed by atoms with Gasteiger partial charge in [-0.15, -0.1) is 11.3 Å². The van der Waals surface area contributed by atoms with Crippen molar-refractivity contribution in [3.8, 4) is 0 Å². The van der Waals surface area contributed by atoms with Crippen LogP contribution in [0, 0.1) is 0 Å². The number of piperazine rings is 1. The Hall–Kier alpha value is -1.72. The van der Waals surface area contributed by atoms with Crippen LogP contribution in [0.4, 0.5) is 0 Å². The molecule has 116 valence electrons. The number of carbonyl (C=O) groups excluding carboxylic acids is 1. The lowest BCUT2D eigenvalue weighted by atomic mass is 10.1. The fraction of sp³-hybridized carbons (Fsp3) is 0.412. The lowest BCUT2D eigenvalue weighted by Gasteiger charge is -2.34. The third-order valence-electron chi connectivity index (χ3n) is 4.10. The van der Waals surface area contributed by atoms with Gasteiger partial charge in [0.25, 0.3) is 0 Å². The second-order valence-corrected chi connectivity index (χ2v) is 6.33. The van der Waals surface area contributed by atoms with Crippen LogP contribution in [-0.4, -0.2) is 53.4 Å². The van der Waals surface area contributed by atoms with Gasteiger partial charge in [0.2, 0.25) is 5.91 Å². The molecule has 0 radical (unpaired) electrons. The van der Waals surface area contributed by atoms with Crippen molar-refractivity contribution in [1.29, 1.82) is 0 Å². The molecule has 1 aliphatic rings. The standard InChI is InChI=1S/C17H21N3OS/c21-17(12-16-13-22-14-18-16)20-10-8-19(9-11-20)7-6-15-4-2-1-3-5-15/h1-5,13-14H,6-12H2. The molecule has 0 aliphatic carbocycles. The maximum atomic E-state index is 12.2. The van der Waals surface area contributed by atoms with E-state index in [-0.39, 0.29) is 5.91 Å². The van der Waals surface area contributed by atoms with Gasteiger partial charge in [0.15, 0.2) is 0 Å². The van der Waals surface area contributed by atoms with E-state index in [9.17, 15) is 4.79 Å².